The molecule has 1 aromatic carbocycles. The highest BCUT2D eigenvalue weighted by Crippen LogP contribution is 2.32. The van der Waals surface area contributed by atoms with Gasteiger partial charge in [0.05, 0.1) is 30.5 Å². The molecule has 4 heterocycles. The van der Waals surface area contributed by atoms with Crippen LogP contribution in [-0.2, 0) is 4.74 Å². The summed E-state index contributed by atoms with van der Waals surface area (Å²) in [4.78, 5) is 42.8. The Balaban J connectivity index is 1.42. The number of piperidine rings is 1. The lowest BCUT2D eigenvalue weighted by molar-refractivity contribution is 0.0301. The largest absolute Gasteiger partial charge is 0.378 e. The molecule has 2 aliphatic heterocycles. The van der Waals surface area contributed by atoms with E-state index in [2.05, 4.69) is 9.97 Å². The standard InChI is InChI=1S/C25H29N5O3/c1-16-18-7-3-4-8-20(18)28-22(16)25(32)30-10-6-5-9-21(30)23-26-15-19(17(2)27-23)24(31)29-11-13-33-14-12-29/h3-4,7-8,15,21,28H,5-6,9-14H2,1-2H3. The van der Waals surface area contributed by atoms with Gasteiger partial charge in [-0.3, -0.25) is 9.59 Å². The van der Waals surface area contributed by atoms with Gasteiger partial charge in [-0.15, -0.1) is 0 Å². The fourth-order valence-electron chi connectivity index (χ4n) is 4.88. The van der Waals surface area contributed by atoms with E-state index >= 15 is 0 Å². The van der Waals surface area contributed by atoms with E-state index < -0.39 is 0 Å². The zero-order chi connectivity index (χ0) is 22.9. The third kappa shape index (κ3) is 3.99. The monoisotopic (exact) mass is 447 g/mol. The van der Waals surface area contributed by atoms with Crippen LogP contribution < -0.4 is 0 Å². The highest BCUT2D eigenvalue weighted by Gasteiger charge is 2.33. The first-order valence-electron chi connectivity index (χ1n) is 11.6. The van der Waals surface area contributed by atoms with Gasteiger partial charge in [0, 0.05) is 36.7 Å². The van der Waals surface area contributed by atoms with Crippen LogP contribution in [0.5, 0.6) is 0 Å². The minimum atomic E-state index is -0.205. The molecule has 172 valence electrons. The summed E-state index contributed by atoms with van der Waals surface area (Å²) in [7, 11) is 0. The van der Waals surface area contributed by atoms with Gasteiger partial charge in [0.15, 0.2) is 5.82 Å². The molecular weight excluding hydrogens is 418 g/mol. The highest BCUT2D eigenvalue weighted by molar-refractivity contribution is 6.01. The van der Waals surface area contributed by atoms with Crippen molar-refractivity contribution in [1.29, 1.82) is 0 Å². The minimum absolute atomic E-state index is 0.0249. The van der Waals surface area contributed by atoms with Gasteiger partial charge in [0.2, 0.25) is 0 Å². The zero-order valence-electron chi connectivity index (χ0n) is 19.1. The van der Waals surface area contributed by atoms with Crippen molar-refractivity contribution in [2.24, 2.45) is 0 Å². The van der Waals surface area contributed by atoms with E-state index in [0.717, 1.165) is 35.7 Å². The second-order valence-electron chi connectivity index (χ2n) is 8.81. The van der Waals surface area contributed by atoms with Crippen molar-refractivity contribution in [3.05, 3.63) is 58.8 Å². The maximum atomic E-state index is 13.6. The molecule has 1 unspecified atom stereocenters. The Hall–Kier alpha value is -3.26. The molecule has 0 aliphatic carbocycles. The number of likely N-dealkylation sites (tertiary alicyclic amines) is 1. The van der Waals surface area contributed by atoms with Gasteiger partial charge in [0.25, 0.3) is 11.8 Å². The lowest BCUT2D eigenvalue weighted by atomic mass is 10.00. The predicted molar refractivity (Wildman–Crippen MR) is 124 cm³/mol. The van der Waals surface area contributed by atoms with Gasteiger partial charge >= 0.3 is 0 Å². The Morgan fingerprint density at radius 2 is 1.85 bits per heavy atom. The lowest BCUT2D eigenvalue weighted by Crippen LogP contribution is -2.41. The molecule has 0 saturated carbocycles. The summed E-state index contributed by atoms with van der Waals surface area (Å²) in [5.74, 6) is 0.517. The Morgan fingerprint density at radius 3 is 2.61 bits per heavy atom. The van der Waals surface area contributed by atoms with Crippen LogP contribution in [0.25, 0.3) is 10.9 Å². The number of aromatic amines is 1. The third-order valence-corrected chi connectivity index (χ3v) is 6.77. The van der Waals surface area contributed by atoms with Gasteiger partial charge in [-0.2, -0.15) is 0 Å². The average molecular weight is 448 g/mol. The van der Waals surface area contributed by atoms with Crippen LogP contribution in [0.2, 0.25) is 0 Å². The maximum absolute atomic E-state index is 13.6. The zero-order valence-corrected chi connectivity index (χ0v) is 19.1. The van der Waals surface area contributed by atoms with Gasteiger partial charge in [0.1, 0.15) is 5.69 Å². The Morgan fingerprint density at radius 1 is 1.06 bits per heavy atom. The number of amides is 2. The Bertz CT molecular complexity index is 1200. The van der Waals surface area contributed by atoms with Crippen molar-refractivity contribution in [2.75, 3.05) is 32.8 Å². The van der Waals surface area contributed by atoms with E-state index in [1.54, 1.807) is 11.1 Å². The first-order valence-corrected chi connectivity index (χ1v) is 11.6. The van der Waals surface area contributed by atoms with Gasteiger partial charge in [-0.25, -0.2) is 9.97 Å². The van der Waals surface area contributed by atoms with Crippen LogP contribution in [0.1, 0.15) is 63.2 Å². The van der Waals surface area contributed by atoms with Crippen LogP contribution in [0.4, 0.5) is 0 Å². The molecule has 8 heteroatoms. The van der Waals surface area contributed by atoms with E-state index in [0.29, 0.717) is 55.6 Å². The van der Waals surface area contributed by atoms with Crippen molar-refractivity contribution in [3.8, 4) is 0 Å². The summed E-state index contributed by atoms with van der Waals surface area (Å²) < 4.78 is 5.35. The summed E-state index contributed by atoms with van der Waals surface area (Å²) in [5, 5.41) is 1.06. The number of carbonyl (C=O) groups is 2. The highest BCUT2D eigenvalue weighted by atomic mass is 16.5. The summed E-state index contributed by atoms with van der Waals surface area (Å²) in [6, 6.07) is 7.76. The van der Waals surface area contributed by atoms with E-state index in [1.165, 1.54) is 0 Å². The van der Waals surface area contributed by atoms with Crippen LogP contribution in [0.15, 0.2) is 30.5 Å². The van der Waals surface area contributed by atoms with Crippen molar-refractivity contribution in [3.63, 3.8) is 0 Å². The van der Waals surface area contributed by atoms with Gasteiger partial charge in [-0.05, 0) is 44.7 Å². The summed E-state index contributed by atoms with van der Waals surface area (Å²) in [5.41, 5.74) is 3.71. The Kier molecular flexibility index (Phi) is 5.85. The number of morpholine rings is 1. The number of hydrogen-bond donors (Lipinski definition) is 1. The number of fused-ring (bicyclic) bond motifs is 1. The molecule has 2 aromatic heterocycles. The molecule has 0 spiro atoms. The molecule has 33 heavy (non-hydrogen) atoms. The number of hydrogen-bond acceptors (Lipinski definition) is 5. The molecular formula is C25H29N5O3. The molecule has 8 nitrogen and oxygen atoms in total. The molecule has 5 rings (SSSR count). The number of benzene rings is 1. The predicted octanol–water partition coefficient (Wildman–Crippen LogP) is 3.41. The van der Waals surface area contributed by atoms with Crippen molar-refractivity contribution in [1.82, 2.24) is 24.8 Å². The molecule has 1 atom stereocenters. The van der Waals surface area contributed by atoms with Gasteiger partial charge in [-0.1, -0.05) is 18.2 Å². The second kappa shape index (κ2) is 8.94. The molecule has 2 fully saturated rings. The number of H-pyrrole nitrogens is 1. The van der Waals surface area contributed by atoms with Crippen LogP contribution in [0.3, 0.4) is 0 Å². The van der Waals surface area contributed by atoms with E-state index in [4.69, 9.17) is 9.72 Å². The third-order valence-electron chi connectivity index (χ3n) is 6.77. The number of ether oxygens (including phenoxy) is 1. The fourth-order valence-corrected chi connectivity index (χ4v) is 4.88. The molecule has 2 aliphatic rings. The quantitative estimate of drug-likeness (QED) is 0.664. The van der Waals surface area contributed by atoms with Crippen LogP contribution in [0, 0.1) is 13.8 Å². The van der Waals surface area contributed by atoms with Crippen molar-refractivity contribution in [2.45, 2.75) is 39.2 Å². The van der Waals surface area contributed by atoms with Crippen molar-refractivity contribution >= 4 is 22.7 Å². The average Bonchev–Trinajstić information content (AvgIpc) is 3.20. The Labute approximate surface area is 193 Å². The molecule has 3 aromatic rings. The number of carbonyl (C=O) groups excluding carboxylic acids is 2. The SMILES string of the molecule is Cc1nc(C2CCCCN2C(=O)c2[nH]c3ccccc3c2C)ncc1C(=O)N1CCOCC1. The van der Waals surface area contributed by atoms with E-state index in [-0.39, 0.29) is 17.9 Å². The lowest BCUT2D eigenvalue weighted by Gasteiger charge is -2.35. The minimum Gasteiger partial charge on any atom is -0.378 e. The fraction of sp³-hybridized carbons (Fsp3) is 0.440. The number of rotatable bonds is 3. The number of para-hydroxylation sites is 1. The van der Waals surface area contributed by atoms with E-state index in [1.807, 2.05) is 43.0 Å². The summed E-state index contributed by atoms with van der Waals surface area (Å²) in [6.07, 6.45) is 4.40. The number of nitrogens with zero attached hydrogens (tertiary/aromatic N) is 4. The first-order chi connectivity index (χ1) is 16.0. The first kappa shape index (κ1) is 21.6. The summed E-state index contributed by atoms with van der Waals surface area (Å²) in [6.45, 7) is 6.75. The smallest absolute Gasteiger partial charge is 0.271 e. The topological polar surface area (TPSA) is 91.4 Å². The van der Waals surface area contributed by atoms with Gasteiger partial charge < -0.3 is 19.5 Å². The number of aryl methyl sites for hydroxylation is 2. The molecule has 0 radical (unpaired) electrons. The molecule has 2 amide bonds. The van der Waals surface area contributed by atoms with Crippen LogP contribution in [-0.4, -0.2) is 69.4 Å². The van der Waals surface area contributed by atoms with Crippen molar-refractivity contribution < 1.29 is 14.3 Å². The second-order valence-corrected chi connectivity index (χ2v) is 8.81. The molecule has 1 N–H and O–H groups in total. The maximum Gasteiger partial charge on any atom is 0.271 e. The molecule has 0 bridgehead atoms. The number of aromatic nitrogens is 3. The van der Waals surface area contributed by atoms with Crippen LogP contribution >= 0.6 is 0 Å². The number of nitrogens with one attached hydrogen (secondary N) is 1. The molecule has 2 saturated heterocycles. The summed E-state index contributed by atoms with van der Waals surface area (Å²) >= 11 is 0. The van der Waals surface area contributed by atoms with E-state index in [9.17, 15) is 9.59 Å². The normalized spacial score (nSPS) is 19.2.